The lowest BCUT2D eigenvalue weighted by Crippen LogP contribution is -2.11. The standard InChI is InChI=1S/C16H16BrN3/c1-2-20-10-14(9-19-20)16(18)13-4-3-12-8-15(17)6-5-11(12)7-13/h3-10,16H,2,18H2,1H3. The average molecular weight is 330 g/mol. The van der Waals surface area contributed by atoms with E-state index in [1.807, 2.05) is 23.1 Å². The van der Waals surface area contributed by atoms with E-state index in [9.17, 15) is 0 Å². The minimum Gasteiger partial charge on any atom is -0.320 e. The SMILES string of the molecule is CCn1cc(C(N)c2ccc3cc(Br)ccc3c2)cn1. The summed E-state index contributed by atoms with van der Waals surface area (Å²) in [5.41, 5.74) is 8.49. The summed E-state index contributed by atoms with van der Waals surface area (Å²) in [4.78, 5) is 0. The first-order valence-corrected chi connectivity index (χ1v) is 7.44. The topological polar surface area (TPSA) is 43.8 Å². The molecule has 0 radical (unpaired) electrons. The molecule has 3 nitrogen and oxygen atoms in total. The molecule has 1 heterocycles. The van der Waals surface area contributed by atoms with Crippen molar-refractivity contribution in [2.75, 3.05) is 0 Å². The maximum absolute atomic E-state index is 6.34. The molecule has 0 saturated heterocycles. The predicted molar refractivity (Wildman–Crippen MR) is 85.6 cm³/mol. The van der Waals surface area contributed by atoms with Gasteiger partial charge in [-0.15, -0.1) is 0 Å². The third kappa shape index (κ3) is 2.49. The van der Waals surface area contributed by atoms with E-state index in [4.69, 9.17) is 5.73 Å². The third-order valence-corrected chi connectivity index (χ3v) is 4.02. The molecule has 0 aliphatic carbocycles. The third-order valence-electron chi connectivity index (χ3n) is 3.52. The zero-order chi connectivity index (χ0) is 14.1. The van der Waals surface area contributed by atoms with Crippen LogP contribution in [0.2, 0.25) is 0 Å². The summed E-state index contributed by atoms with van der Waals surface area (Å²) in [6, 6.07) is 12.5. The van der Waals surface area contributed by atoms with Crippen molar-refractivity contribution in [1.82, 2.24) is 9.78 Å². The van der Waals surface area contributed by atoms with Gasteiger partial charge in [-0.3, -0.25) is 4.68 Å². The zero-order valence-corrected chi connectivity index (χ0v) is 12.8. The molecule has 0 saturated carbocycles. The van der Waals surface area contributed by atoms with Crippen LogP contribution in [0.1, 0.15) is 24.1 Å². The Morgan fingerprint density at radius 3 is 2.65 bits per heavy atom. The fourth-order valence-electron chi connectivity index (χ4n) is 2.33. The van der Waals surface area contributed by atoms with Crippen molar-refractivity contribution in [3.63, 3.8) is 0 Å². The smallest absolute Gasteiger partial charge is 0.0583 e. The average Bonchev–Trinajstić information content (AvgIpc) is 2.95. The lowest BCUT2D eigenvalue weighted by Gasteiger charge is -2.11. The Kier molecular flexibility index (Phi) is 3.59. The highest BCUT2D eigenvalue weighted by atomic mass is 79.9. The van der Waals surface area contributed by atoms with Gasteiger partial charge in [0.05, 0.1) is 12.2 Å². The highest BCUT2D eigenvalue weighted by Crippen LogP contribution is 2.25. The van der Waals surface area contributed by atoms with E-state index in [-0.39, 0.29) is 6.04 Å². The monoisotopic (exact) mass is 329 g/mol. The molecular formula is C16H16BrN3. The molecule has 102 valence electrons. The minimum atomic E-state index is -0.136. The highest BCUT2D eigenvalue weighted by Gasteiger charge is 2.11. The van der Waals surface area contributed by atoms with Crippen LogP contribution in [0, 0.1) is 0 Å². The van der Waals surface area contributed by atoms with Gasteiger partial charge >= 0.3 is 0 Å². The molecule has 1 unspecified atom stereocenters. The molecule has 4 heteroatoms. The summed E-state index contributed by atoms with van der Waals surface area (Å²) < 4.78 is 2.99. The van der Waals surface area contributed by atoms with E-state index in [1.54, 1.807) is 0 Å². The van der Waals surface area contributed by atoms with Gasteiger partial charge in [0.2, 0.25) is 0 Å². The van der Waals surface area contributed by atoms with Gasteiger partial charge in [0.1, 0.15) is 0 Å². The van der Waals surface area contributed by atoms with Crippen LogP contribution in [-0.4, -0.2) is 9.78 Å². The van der Waals surface area contributed by atoms with Gasteiger partial charge < -0.3 is 5.73 Å². The fourth-order valence-corrected chi connectivity index (χ4v) is 2.71. The van der Waals surface area contributed by atoms with Crippen LogP contribution in [-0.2, 0) is 6.54 Å². The van der Waals surface area contributed by atoms with E-state index in [0.29, 0.717) is 0 Å². The number of aryl methyl sites for hydroxylation is 1. The first-order chi connectivity index (χ1) is 9.67. The summed E-state index contributed by atoms with van der Waals surface area (Å²) in [6.07, 6.45) is 3.86. The molecule has 2 N–H and O–H groups in total. The van der Waals surface area contributed by atoms with Crippen molar-refractivity contribution in [3.8, 4) is 0 Å². The number of nitrogens with two attached hydrogens (primary N) is 1. The van der Waals surface area contributed by atoms with E-state index < -0.39 is 0 Å². The Hall–Kier alpha value is -1.65. The molecule has 3 aromatic rings. The molecule has 0 amide bonds. The lowest BCUT2D eigenvalue weighted by molar-refractivity contribution is 0.658. The van der Waals surface area contributed by atoms with Gasteiger partial charge in [0, 0.05) is 22.8 Å². The molecule has 20 heavy (non-hydrogen) atoms. The van der Waals surface area contributed by atoms with E-state index in [1.165, 1.54) is 10.8 Å². The van der Waals surface area contributed by atoms with Crippen molar-refractivity contribution in [2.45, 2.75) is 19.5 Å². The number of halogens is 1. The highest BCUT2D eigenvalue weighted by molar-refractivity contribution is 9.10. The molecule has 0 fully saturated rings. The van der Waals surface area contributed by atoms with Crippen LogP contribution in [0.4, 0.5) is 0 Å². The van der Waals surface area contributed by atoms with Gasteiger partial charge in [-0.2, -0.15) is 5.10 Å². The van der Waals surface area contributed by atoms with Crippen molar-refractivity contribution in [1.29, 1.82) is 0 Å². The molecule has 1 aromatic heterocycles. The summed E-state index contributed by atoms with van der Waals surface area (Å²) in [5.74, 6) is 0. The largest absolute Gasteiger partial charge is 0.320 e. The molecule has 1 atom stereocenters. The second kappa shape index (κ2) is 5.38. The Labute approximate surface area is 126 Å². The van der Waals surface area contributed by atoms with Gasteiger partial charge in [-0.05, 0) is 41.5 Å². The van der Waals surface area contributed by atoms with E-state index in [2.05, 4.69) is 58.3 Å². The van der Waals surface area contributed by atoms with Gasteiger partial charge in [-0.1, -0.05) is 34.1 Å². The molecule has 0 aliphatic heterocycles. The number of fused-ring (bicyclic) bond motifs is 1. The molecule has 0 bridgehead atoms. The number of aromatic nitrogens is 2. The summed E-state index contributed by atoms with van der Waals surface area (Å²) in [5, 5.41) is 6.69. The maximum atomic E-state index is 6.34. The van der Waals surface area contributed by atoms with E-state index >= 15 is 0 Å². The number of nitrogens with zero attached hydrogens (tertiary/aromatic N) is 2. The zero-order valence-electron chi connectivity index (χ0n) is 11.3. The first-order valence-electron chi connectivity index (χ1n) is 6.64. The quantitative estimate of drug-likeness (QED) is 0.792. The fraction of sp³-hybridized carbons (Fsp3) is 0.188. The maximum Gasteiger partial charge on any atom is 0.0583 e. The van der Waals surface area contributed by atoms with Gasteiger partial charge in [0.25, 0.3) is 0 Å². The predicted octanol–water partition coefficient (Wildman–Crippen LogP) is 3.87. The van der Waals surface area contributed by atoms with Crippen molar-refractivity contribution in [2.24, 2.45) is 5.73 Å². The number of rotatable bonds is 3. The van der Waals surface area contributed by atoms with Crippen LogP contribution >= 0.6 is 15.9 Å². The second-order valence-corrected chi connectivity index (χ2v) is 5.77. The van der Waals surface area contributed by atoms with Crippen LogP contribution in [0.25, 0.3) is 10.8 Å². The second-order valence-electron chi connectivity index (χ2n) is 4.86. The van der Waals surface area contributed by atoms with Crippen molar-refractivity contribution in [3.05, 3.63) is 64.4 Å². The minimum absolute atomic E-state index is 0.136. The van der Waals surface area contributed by atoms with Crippen molar-refractivity contribution < 1.29 is 0 Å². The van der Waals surface area contributed by atoms with Gasteiger partial charge in [0.15, 0.2) is 0 Å². The Morgan fingerprint density at radius 2 is 1.90 bits per heavy atom. The van der Waals surface area contributed by atoms with E-state index in [0.717, 1.165) is 22.1 Å². The van der Waals surface area contributed by atoms with Crippen LogP contribution < -0.4 is 5.73 Å². The normalized spacial score (nSPS) is 12.8. The lowest BCUT2D eigenvalue weighted by atomic mass is 9.99. The van der Waals surface area contributed by atoms with Crippen LogP contribution in [0.3, 0.4) is 0 Å². The molecule has 0 aliphatic rings. The molecular weight excluding hydrogens is 314 g/mol. The Bertz CT molecular complexity index is 748. The number of benzene rings is 2. The Balaban J connectivity index is 1.98. The molecule has 2 aromatic carbocycles. The van der Waals surface area contributed by atoms with Crippen molar-refractivity contribution >= 4 is 26.7 Å². The Morgan fingerprint density at radius 1 is 1.15 bits per heavy atom. The summed E-state index contributed by atoms with van der Waals surface area (Å²) in [7, 11) is 0. The van der Waals surface area contributed by atoms with Gasteiger partial charge in [-0.25, -0.2) is 0 Å². The van der Waals surface area contributed by atoms with Crippen LogP contribution in [0.15, 0.2) is 53.3 Å². The molecule has 3 rings (SSSR count). The van der Waals surface area contributed by atoms with Crippen LogP contribution in [0.5, 0.6) is 0 Å². The first kappa shape index (κ1) is 13.3. The summed E-state index contributed by atoms with van der Waals surface area (Å²) >= 11 is 3.49. The number of hydrogen-bond donors (Lipinski definition) is 1. The number of hydrogen-bond acceptors (Lipinski definition) is 2. The molecule has 0 spiro atoms. The summed E-state index contributed by atoms with van der Waals surface area (Å²) in [6.45, 7) is 2.93.